The van der Waals surface area contributed by atoms with E-state index in [0.717, 1.165) is 40.9 Å². The van der Waals surface area contributed by atoms with E-state index in [1.165, 1.54) is 11.0 Å². The Balaban J connectivity index is 1.37. The van der Waals surface area contributed by atoms with Gasteiger partial charge in [-0.2, -0.15) is 5.10 Å². The number of benzene rings is 2. The number of anilines is 1. The number of imidazole rings is 1. The van der Waals surface area contributed by atoms with Crippen LogP contribution in [0.2, 0.25) is 0 Å². The number of hydrogen-bond donors (Lipinski definition) is 2. The van der Waals surface area contributed by atoms with Crippen molar-refractivity contribution in [2.45, 2.75) is 51.6 Å². The number of piperidine rings is 1. The lowest BCUT2D eigenvalue weighted by molar-refractivity contribution is 0.0606. The smallest absolute Gasteiger partial charge is 0.254 e. The number of hydrogen-bond acceptors (Lipinski definition) is 6. The lowest BCUT2D eigenvalue weighted by atomic mass is 10.0. The van der Waals surface area contributed by atoms with Gasteiger partial charge in [0.25, 0.3) is 5.91 Å². The number of nitrogens with zero attached hydrogens (tertiary/aromatic N) is 7. The van der Waals surface area contributed by atoms with Crippen LogP contribution in [0.4, 0.5) is 14.5 Å². The number of para-hydroxylation sites is 1. The lowest BCUT2D eigenvalue weighted by Crippen LogP contribution is -2.50. The van der Waals surface area contributed by atoms with Crippen LogP contribution in [0, 0.1) is 5.82 Å². The highest BCUT2D eigenvalue weighted by atomic mass is 19.1. The molecule has 2 atom stereocenters. The van der Waals surface area contributed by atoms with Crippen molar-refractivity contribution in [3.05, 3.63) is 65.7 Å². The second-order valence-electron chi connectivity index (χ2n) is 11.8. The van der Waals surface area contributed by atoms with E-state index in [1.807, 2.05) is 28.4 Å². The number of carbonyl (C=O) groups excluding carboxylic acids is 1. The van der Waals surface area contributed by atoms with Gasteiger partial charge < -0.3 is 29.8 Å². The molecule has 0 radical (unpaired) electrons. The highest BCUT2D eigenvalue weighted by Gasteiger charge is 2.31. The second-order valence-corrected chi connectivity index (χ2v) is 11.8. The van der Waals surface area contributed by atoms with E-state index in [-0.39, 0.29) is 37.2 Å². The predicted molar refractivity (Wildman–Crippen MR) is 165 cm³/mol. The van der Waals surface area contributed by atoms with Gasteiger partial charge in [0, 0.05) is 68.1 Å². The SMILES string of the molecule is CCn1cc(Cn2c(-c3cc4cccc5c4n3CCN5CCCO)nc3cc(C(=O)N4C[C@H](N)C[C@@H](F)C4)cc(F)c32)cn1. The normalized spacial score (nSPS) is 18.6. The number of alkyl halides is 1. The highest BCUT2D eigenvalue weighted by molar-refractivity contribution is 5.99. The summed E-state index contributed by atoms with van der Waals surface area (Å²) in [6, 6.07) is 10.6. The minimum atomic E-state index is -1.21. The zero-order valence-corrected chi connectivity index (χ0v) is 24.7. The minimum Gasteiger partial charge on any atom is -0.396 e. The van der Waals surface area contributed by atoms with Crippen LogP contribution in [0.1, 0.15) is 35.7 Å². The number of aromatic nitrogens is 5. The van der Waals surface area contributed by atoms with Crippen molar-refractivity contribution in [3.8, 4) is 11.5 Å². The first-order chi connectivity index (χ1) is 21.3. The van der Waals surface area contributed by atoms with Crippen molar-refractivity contribution >= 4 is 33.5 Å². The molecule has 0 aliphatic carbocycles. The first-order valence-corrected chi connectivity index (χ1v) is 15.2. The second kappa shape index (κ2) is 11.3. The third-order valence-corrected chi connectivity index (χ3v) is 8.76. The van der Waals surface area contributed by atoms with Gasteiger partial charge in [-0.25, -0.2) is 13.8 Å². The number of aliphatic hydroxyl groups excluding tert-OH is 1. The summed E-state index contributed by atoms with van der Waals surface area (Å²) in [5.41, 5.74) is 10.7. The molecule has 0 unspecified atom stereocenters. The number of fused-ring (bicyclic) bond motifs is 1. The summed E-state index contributed by atoms with van der Waals surface area (Å²) in [4.78, 5) is 22.0. The molecule has 44 heavy (non-hydrogen) atoms. The average Bonchev–Trinajstić information content (AvgIpc) is 3.72. The van der Waals surface area contributed by atoms with Crippen LogP contribution in [-0.4, -0.2) is 84.8 Å². The first-order valence-electron chi connectivity index (χ1n) is 15.2. The number of likely N-dealkylation sites (tertiary alicyclic amines) is 1. The molecule has 2 aliphatic heterocycles. The maximum absolute atomic E-state index is 16.1. The molecule has 2 aromatic carbocycles. The summed E-state index contributed by atoms with van der Waals surface area (Å²) in [6.07, 6.45) is 3.39. The number of amides is 1. The first kappa shape index (κ1) is 28.5. The van der Waals surface area contributed by atoms with E-state index in [1.54, 1.807) is 12.3 Å². The van der Waals surface area contributed by atoms with Crippen LogP contribution < -0.4 is 10.6 Å². The molecule has 7 rings (SSSR count). The van der Waals surface area contributed by atoms with Crippen LogP contribution in [-0.2, 0) is 19.6 Å². The summed E-state index contributed by atoms with van der Waals surface area (Å²) in [6.45, 7) is 5.55. The maximum Gasteiger partial charge on any atom is 0.254 e. The lowest BCUT2D eigenvalue weighted by Gasteiger charge is -2.33. The quantitative estimate of drug-likeness (QED) is 0.280. The number of carbonyl (C=O) groups is 1. The molecular weight excluding hydrogens is 566 g/mol. The molecule has 0 bridgehead atoms. The zero-order chi connectivity index (χ0) is 30.5. The molecule has 5 heterocycles. The number of rotatable bonds is 8. The van der Waals surface area contributed by atoms with E-state index in [4.69, 9.17) is 10.7 Å². The van der Waals surface area contributed by atoms with Crippen LogP contribution in [0.15, 0.2) is 48.8 Å². The summed E-state index contributed by atoms with van der Waals surface area (Å²) in [7, 11) is 0. The molecule has 12 heteroatoms. The van der Waals surface area contributed by atoms with Gasteiger partial charge in [0.05, 0.1) is 41.7 Å². The van der Waals surface area contributed by atoms with Gasteiger partial charge in [-0.15, -0.1) is 0 Å². The molecule has 2 aliphatic rings. The Labute approximate surface area is 253 Å². The largest absolute Gasteiger partial charge is 0.396 e. The predicted octanol–water partition coefficient (Wildman–Crippen LogP) is 3.78. The highest BCUT2D eigenvalue weighted by Crippen LogP contribution is 2.38. The average molecular weight is 603 g/mol. The van der Waals surface area contributed by atoms with Crippen molar-refractivity contribution in [2.75, 3.05) is 37.7 Å². The Bertz CT molecular complexity index is 1850. The molecule has 0 spiro atoms. The van der Waals surface area contributed by atoms with Gasteiger partial charge in [-0.3, -0.25) is 9.48 Å². The molecule has 1 amide bonds. The molecule has 3 aromatic heterocycles. The third-order valence-electron chi connectivity index (χ3n) is 8.76. The topological polar surface area (TPSA) is 110 Å². The molecule has 3 N–H and O–H groups in total. The fourth-order valence-corrected chi connectivity index (χ4v) is 6.77. The minimum absolute atomic E-state index is 0.0644. The van der Waals surface area contributed by atoms with E-state index in [0.29, 0.717) is 37.4 Å². The number of aliphatic hydroxyl groups is 1. The van der Waals surface area contributed by atoms with Crippen LogP contribution in [0.5, 0.6) is 0 Å². The molecular formula is C32H36F2N8O2. The molecule has 5 aromatic rings. The van der Waals surface area contributed by atoms with Crippen molar-refractivity contribution in [1.82, 2.24) is 28.8 Å². The van der Waals surface area contributed by atoms with Crippen molar-refractivity contribution in [2.24, 2.45) is 5.73 Å². The molecule has 1 saturated heterocycles. The van der Waals surface area contributed by atoms with Gasteiger partial charge >= 0.3 is 0 Å². The monoisotopic (exact) mass is 602 g/mol. The Kier molecular flexibility index (Phi) is 7.33. The van der Waals surface area contributed by atoms with Gasteiger partial charge in [0.2, 0.25) is 0 Å². The number of aryl methyl sites for hydroxylation is 1. The third kappa shape index (κ3) is 4.91. The molecule has 10 nitrogen and oxygen atoms in total. The summed E-state index contributed by atoms with van der Waals surface area (Å²) < 4.78 is 36.3. The van der Waals surface area contributed by atoms with Gasteiger partial charge in [-0.1, -0.05) is 12.1 Å². The number of nitrogens with two attached hydrogens (primary N) is 1. The Morgan fingerprint density at radius 1 is 1.16 bits per heavy atom. The van der Waals surface area contributed by atoms with Crippen molar-refractivity contribution < 1.29 is 18.7 Å². The van der Waals surface area contributed by atoms with Gasteiger partial charge in [-0.05, 0) is 44.0 Å². The summed E-state index contributed by atoms with van der Waals surface area (Å²) in [5.74, 6) is -0.446. The van der Waals surface area contributed by atoms with E-state index in [9.17, 15) is 14.3 Å². The van der Waals surface area contributed by atoms with E-state index in [2.05, 4.69) is 32.8 Å². The summed E-state index contributed by atoms with van der Waals surface area (Å²) >= 11 is 0. The standard InChI is InChI=1S/C32H36F2N8O2/c1-2-40-16-20(15-36-40)17-42-30-25(34)11-22(32(44)39-18-23(33)14-24(35)19-39)12-26(30)37-31(42)28-13-21-5-3-6-27-29(21)41(28)9-8-38(27)7-4-10-43/h3,5-6,11-13,15-16,23-24,43H,2,4,7-10,14,17-19,35H2,1H3/t23-,24-/m1/s1. The van der Waals surface area contributed by atoms with Crippen molar-refractivity contribution in [3.63, 3.8) is 0 Å². The van der Waals surface area contributed by atoms with Gasteiger partial charge in [0.1, 0.15) is 17.5 Å². The summed E-state index contributed by atoms with van der Waals surface area (Å²) in [5, 5.41) is 14.9. The van der Waals surface area contributed by atoms with Crippen LogP contribution in [0.25, 0.3) is 33.5 Å². The maximum atomic E-state index is 16.1. The fraction of sp³-hybridized carbons (Fsp3) is 0.406. The van der Waals surface area contributed by atoms with Crippen LogP contribution in [0.3, 0.4) is 0 Å². The fourth-order valence-electron chi connectivity index (χ4n) is 6.77. The van der Waals surface area contributed by atoms with E-state index < -0.39 is 23.9 Å². The van der Waals surface area contributed by atoms with Crippen LogP contribution >= 0.6 is 0 Å². The Morgan fingerprint density at radius 2 is 2.02 bits per heavy atom. The molecule has 230 valence electrons. The Hall–Kier alpha value is -4.29. The molecule has 1 fully saturated rings. The Morgan fingerprint density at radius 3 is 2.80 bits per heavy atom. The van der Waals surface area contributed by atoms with Crippen molar-refractivity contribution in [1.29, 1.82) is 0 Å². The zero-order valence-electron chi connectivity index (χ0n) is 24.7. The number of halogens is 2. The molecule has 0 saturated carbocycles. The van der Waals surface area contributed by atoms with Gasteiger partial charge in [0.15, 0.2) is 5.82 Å². The van der Waals surface area contributed by atoms with E-state index >= 15 is 4.39 Å².